The van der Waals surface area contributed by atoms with E-state index in [1.54, 1.807) is 42.5 Å². The van der Waals surface area contributed by atoms with Crippen LogP contribution in [0.25, 0.3) is 0 Å². The number of hydrogen-bond donors (Lipinski definition) is 2. The molecular formula is C16H14ClNO3. The summed E-state index contributed by atoms with van der Waals surface area (Å²) >= 11 is 5.86. The lowest BCUT2D eigenvalue weighted by molar-refractivity contribution is -0.136. The molecule has 0 bridgehead atoms. The van der Waals surface area contributed by atoms with Crippen LogP contribution in [0.4, 0.5) is 5.69 Å². The van der Waals surface area contributed by atoms with Gasteiger partial charge in [-0.1, -0.05) is 23.7 Å². The quantitative estimate of drug-likeness (QED) is 0.908. The predicted octanol–water partition coefficient (Wildman–Crippen LogP) is 3.53. The van der Waals surface area contributed by atoms with E-state index in [1.807, 2.05) is 6.92 Å². The molecule has 2 rings (SSSR count). The second kappa shape index (κ2) is 6.41. The Bertz CT molecular complexity index is 698. The van der Waals surface area contributed by atoms with E-state index in [1.165, 1.54) is 0 Å². The molecule has 0 fully saturated rings. The molecule has 2 N–H and O–H groups in total. The first kappa shape index (κ1) is 15.1. The maximum atomic E-state index is 12.2. The van der Waals surface area contributed by atoms with Gasteiger partial charge in [0.05, 0.1) is 6.42 Å². The van der Waals surface area contributed by atoms with Crippen LogP contribution in [-0.4, -0.2) is 17.0 Å². The Labute approximate surface area is 127 Å². The van der Waals surface area contributed by atoms with Crippen LogP contribution in [0.2, 0.25) is 5.02 Å². The molecule has 21 heavy (non-hydrogen) atoms. The molecule has 0 atom stereocenters. The fourth-order valence-electron chi connectivity index (χ4n) is 2.01. The van der Waals surface area contributed by atoms with Crippen molar-refractivity contribution in [3.8, 4) is 0 Å². The highest BCUT2D eigenvalue weighted by Gasteiger charge is 2.10. The van der Waals surface area contributed by atoms with Gasteiger partial charge in [0.25, 0.3) is 5.91 Å². The highest BCUT2D eigenvalue weighted by Crippen LogP contribution is 2.18. The molecule has 2 aromatic rings. The molecule has 0 spiro atoms. The molecule has 0 aliphatic heterocycles. The van der Waals surface area contributed by atoms with Gasteiger partial charge in [-0.05, 0) is 48.4 Å². The lowest BCUT2D eigenvalue weighted by Crippen LogP contribution is -2.13. The van der Waals surface area contributed by atoms with E-state index in [4.69, 9.17) is 16.7 Å². The van der Waals surface area contributed by atoms with Crippen molar-refractivity contribution < 1.29 is 14.7 Å². The van der Waals surface area contributed by atoms with E-state index in [0.29, 0.717) is 21.8 Å². The summed E-state index contributed by atoms with van der Waals surface area (Å²) in [4.78, 5) is 22.9. The number of carboxylic acid groups (broad SMARTS) is 1. The Morgan fingerprint density at radius 1 is 1.19 bits per heavy atom. The number of carboxylic acids is 1. The molecule has 4 nitrogen and oxygen atoms in total. The number of rotatable bonds is 4. The lowest BCUT2D eigenvalue weighted by Gasteiger charge is -2.09. The van der Waals surface area contributed by atoms with Crippen molar-refractivity contribution in [2.45, 2.75) is 13.3 Å². The number of aryl methyl sites for hydroxylation is 1. The van der Waals surface area contributed by atoms with Crippen molar-refractivity contribution in [1.29, 1.82) is 0 Å². The minimum atomic E-state index is -0.910. The second-order valence-corrected chi connectivity index (χ2v) is 5.12. The van der Waals surface area contributed by atoms with Gasteiger partial charge >= 0.3 is 5.97 Å². The second-order valence-electron chi connectivity index (χ2n) is 4.68. The number of amides is 1. The molecule has 0 aromatic heterocycles. The van der Waals surface area contributed by atoms with Crippen LogP contribution in [-0.2, 0) is 11.2 Å². The number of carbonyl (C=O) groups is 2. The average molecular weight is 304 g/mol. The smallest absolute Gasteiger partial charge is 0.307 e. The van der Waals surface area contributed by atoms with Gasteiger partial charge in [0.1, 0.15) is 0 Å². The van der Waals surface area contributed by atoms with Crippen molar-refractivity contribution >= 4 is 29.2 Å². The van der Waals surface area contributed by atoms with Crippen LogP contribution < -0.4 is 5.32 Å². The molecule has 5 heteroatoms. The summed E-state index contributed by atoms with van der Waals surface area (Å²) in [5.74, 6) is -1.16. The number of hydrogen-bond acceptors (Lipinski definition) is 2. The van der Waals surface area contributed by atoms with E-state index < -0.39 is 5.97 Å². The number of anilines is 1. The molecule has 0 heterocycles. The Hall–Kier alpha value is -2.33. The van der Waals surface area contributed by atoms with Crippen molar-refractivity contribution in [2.24, 2.45) is 0 Å². The number of aliphatic carboxylic acids is 1. The van der Waals surface area contributed by atoms with Crippen LogP contribution >= 0.6 is 11.6 Å². The van der Waals surface area contributed by atoms with E-state index in [0.717, 1.165) is 5.56 Å². The minimum Gasteiger partial charge on any atom is -0.481 e. The summed E-state index contributed by atoms with van der Waals surface area (Å²) in [6, 6.07) is 11.8. The molecule has 1 amide bonds. The normalized spacial score (nSPS) is 10.2. The van der Waals surface area contributed by atoms with Crippen LogP contribution in [0.5, 0.6) is 0 Å². The number of halogens is 1. The first-order chi connectivity index (χ1) is 9.95. The third-order valence-corrected chi connectivity index (χ3v) is 3.21. The third-order valence-electron chi connectivity index (χ3n) is 2.97. The first-order valence-corrected chi connectivity index (χ1v) is 6.72. The van der Waals surface area contributed by atoms with Gasteiger partial charge in [-0.3, -0.25) is 9.59 Å². The lowest BCUT2D eigenvalue weighted by atomic mass is 10.1. The van der Waals surface area contributed by atoms with Crippen molar-refractivity contribution in [3.05, 3.63) is 64.2 Å². The predicted molar refractivity (Wildman–Crippen MR) is 81.9 cm³/mol. The molecular weight excluding hydrogens is 290 g/mol. The van der Waals surface area contributed by atoms with Crippen LogP contribution in [0, 0.1) is 6.92 Å². The molecule has 0 unspecified atom stereocenters. The van der Waals surface area contributed by atoms with Crippen LogP contribution in [0.1, 0.15) is 21.5 Å². The van der Waals surface area contributed by atoms with Gasteiger partial charge in [-0.15, -0.1) is 0 Å². The highest BCUT2D eigenvalue weighted by atomic mass is 35.5. The highest BCUT2D eigenvalue weighted by molar-refractivity contribution is 6.30. The van der Waals surface area contributed by atoms with Gasteiger partial charge in [-0.2, -0.15) is 0 Å². The summed E-state index contributed by atoms with van der Waals surface area (Å²) in [7, 11) is 0. The van der Waals surface area contributed by atoms with Gasteiger partial charge in [-0.25, -0.2) is 0 Å². The topological polar surface area (TPSA) is 66.4 Å². The van der Waals surface area contributed by atoms with Gasteiger partial charge in [0.15, 0.2) is 0 Å². The Kier molecular flexibility index (Phi) is 4.60. The molecule has 0 radical (unpaired) electrons. The fraction of sp³-hybridized carbons (Fsp3) is 0.125. The van der Waals surface area contributed by atoms with E-state index in [9.17, 15) is 9.59 Å². The maximum Gasteiger partial charge on any atom is 0.307 e. The molecule has 2 aromatic carbocycles. The summed E-state index contributed by atoms with van der Waals surface area (Å²) in [6.45, 7) is 1.81. The molecule has 0 aliphatic carbocycles. The van der Waals surface area contributed by atoms with Gasteiger partial charge in [0, 0.05) is 16.3 Å². The zero-order valence-electron chi connectivity index (χ0n) is 11.4. The fourth-order valence-corrected chi connectivity index (χ4v) is 2.24. The maximum absolute atomic E-state index is 12.2. The van der Waals surface area contributed by atoms with Crippen molar-refractivity contribution in [1.82, 2.24) is 0 Å². The van der Waals surface area contributed by atoms with Crippen molar-refractivity contribution in [3.63, 3.8) is 0 Å². The van der Waals surface area contributed by atoms with E-state index in [-0.39, 0.29) is 12.3 Å². The SMILES string of the molecule is Cc1cc(Cl)ccc1C(=O)Nc1cccc(CC(=O)O)c1. The minimum absolute atomic E-state index is 0.0797. The Morgan fingerprint density at radius 3 is 2.62 bits per heavy atom. The third kappa shape index (κ3) is 4.07. The molecule has 108 valence electrons. The Morgan fingerprint density at radius 2 is 1.95 bits per heavy atom. The monoisotopic (exact) mass is 303 g/mol. The summed E-state index contributed by atoms with van der Waals surface area (Å²) in [5, 5.41) is 12.1. The van der Waals surface area contributed by atoms with Gasteiger partial charge < -0.3 is 10.4 Å². The van der Waals surface area contributed by atoms with Crippen LogP contribution in [0.15, 0.2) is 42.5 Å². The van der Waals surface area contributed by atoms with Gasteiger partial charge in [0.2, 0.25) is 0 Å². The molecule has 0 saturated heterocycles. The van der Waals surface area contributed by atoms with Crippen molar-refractivity contribution in [2.75, 3.05) is 5.32 Å². The standard InChI is InChI=1S/C16H14ClNO3/c1-10-7-12(17)5-6-14(10)16(21)18-13-4-2-3-11(8-13)9-15(19)20/h2-8H,9H2,1H3,(H,18,21)(H,19,20). The summed E-state index contributed by atoms with van der Waals surface area (Å²) in [6.07, 6.45) is -0.0797. The van der Waals surface area contributed by atoms with E-state index >= 15 is 0 Å². The summed E-state index contributed by atoms with van der Waals surface area (Å²) < 4.78 is 0. The number of carbonyl (C=O) groups excluding carboxylic acids is 1. The van der Waals surface area contributed by atoms with E-state index in [2.05, 4.69) is 5.32 Å². The zero-order valence-corrected chi connectivity index (χ0v) is 12.1. The molecule has 0 aliphatic rings. The Balaban J connectivity index is 2.17. The number of nitrogens with one attached hydrogen (secondary N) is 1. The average Bonchev–Trinajstić information content (AvgIpc) is 2.37. The molecule has 0 saturated carbocycles. The number of benzene rings is 2. The summed E-state index contributed by atoms with van der Waals surface area (Å²) in [5.41, 5.74) is 2.51. The first-order valence-electron chi connectivity index (χ1n) is 6.34. The zero-order chi connectivity index (χ0) is 15.4. The van der Waals surface area contributed by atoms with Crippen LogP contribution in [0.3, 0.4) is 0 Å². The largest absolute Gasteiger partial charge is 0.481 e.